The second kappa shape index (κ2) is 4.55. The highest BCUT2D eigenvalue weighted by atomic mass is 32.2. The molecule has 4 heteroatoms. The molecular weight excluding hydrogens is 230 g/mol. The van der Waals surface area contributed by atoms with Crippen molar-refractivity contribution in [2.75, 3.05) is 5.75 Å². The van der Waals surface area contributed by atoms with Gasteiger partial charge in [-0.15, -0.1) is 24.4 Å². The minimum atomic E-state index is 0.430. The van der Waals surface area contributed by atoms with E-state index in [0.717, 1.165) is 12.2 Å². The predicted molar refractivity (Wildman–Crippen MR) is 69.4 cm³/mol. The molecule has 1 unspecified atom stereocenters. The summed E-state index contributed by atoms with van der Waals surface area (Å²) < 4.78 is 0.593. The second-order valence-corrected chi connectivity index (χ2v) is 5.49. The first-order chi connectivity index (χ1) is 6.75. The monoisotopic (exact) mass is 241 g/mol. The molecule has 1 atom stereocenters. The maximum Gasteiger partial charge on any atom is 0.130 e. The lowest BCUT2D eigenvalue weighted by atomic mass is 10.1. The topological polar surface area (TPSA) is 12.0 Å². The molecule has 0 radical (unpaired) electrons. The van der Waals surface area contributed by atoms with Gasteiger partial charge < -0.3 is 5.32 Å². The molecule has 0 fully saturated rings. The highest BCUT2D eigenvalue weighted by molar-refractivity contribution is 8.11. The minimum Gasteiger partial charge on any atom is -0.367 e. The van der Waals surface area contributed by atoms with Crippen LogP contribution in [0.2, 0.25) is 0 Å². The molecule has 1 aromatic carbocycles. The van der Waals surface area contributed by atoms with Crippen LogP contribution in [0.5, 0.6) is 0 Å². The first-order valence-corrected chi connectivity index (χ1v) is 6.30. The average Bonchev–Trinajstić information content (AvgIpc) is 2.17. The van der Waals surface area contributed by atoms with Gasteiger partial charge in [-0.3, -0.25) is 0 Å². The fourth-order valence-electron chi connectivity index (χ4n) is 1.60. The van der Waals surface area contributed by atoms with Crippen molar-refractivity contribution < 1.29 is 0 Å². The van der Waals surface area contributed by atoms with Crippen molar-refractivity contribution in [1.29, 1.82) is 0 Å². The van der Waals surface area contributed by atoms with Gasteiger partial charge in [0.1, 0.15) is 4.32 Å². The largest absolute Gasteiger partial charge is 0.367 e. The van der Waals surface area contributed by atoms with Crippen molar-refractivity contribution in [3.05, 3.63) is 29.8 Å². The van der Waals surface area contributed by atoms with Gasteiger partial charge in [0.05, 0.1) is 0 Å². The number of hydrogen-bond donors (Lipinski definition) is 2. The highest BCUT2D eigenvalue weighted by Gasteiger charge is 2.18. The fourth-order valence-corrected chi connectivity index (χ4v) is 3.04. The van der Waals surface area contributed by atoms with Gasteiger partial charge in [-0.25, -0.2) is 0 Å². The van der Waals surface area contributed by atoms with Crippen molar-refractivity contribution in [3.63, 3.8) is 0 Å². The SMILES string of the molecule is S=C(S)NC1CSc2ccccc2C1. The van der Waals surface area contributed by atoms with E-state index in [9.17, 15) is 0 Å². The quantitative estimate of drug-likeness (QED) is 0.579. The lowest BCUT2D eigenvalue weighted by molar-refractivity contribution is 0.663. The van der Waals surface area contributed by atoms with E-state index in [-0.39, 0.29) is 0 Å². The molecule has 0 aromatic heterocycles. The van der Waals surface area contributed by atoms with E-state index in [4.69, 9.17) is 12.2 Å². The van der Waals surface area contributed by atoms with Crippen LogP contribution in [0.15, 0.2) is 29.2 Å². The van der Waals surface area contributed by atoms with Crippen LogP contribution in [0.4, 0.5) is 0 Å². The molecule has 1 nitrogen and oxygen atoms in total. The first kappa shape index (κ1) is 10.3. The maximum absolute atomic E-state index is 4.92. The van der Waals surface area contributed by atoms with E-state index < -0.39 is 0 Å². The summed E-state index contributed by atoms with van der Waals surface area (Å²) in [5.41, 5.74) is 1.41. The van der Waals surface area contributed by atoms with Gasteiger partial charge in [-0.2, -0.15) is 0 Å². The third kappa shape index (κ3) is 2.43. The summed E-state index contributed by atoms with van der Waals surface area (Å²) in [5.74, 6) is 1.07. The molecule has 1 heterocycles. The fraction of sp³-hybridized carbons (Fsp3) is 0.300. The molecule has 0 aliphatic carbocycles. The van der Waals surface area contributed by atoms with Crippen molar-refractivity contribution in [2.24, 2.45) is 0 Å². The van der Waals surface area contributed by atoms with E-state index in [1.165, 1.54) is 10.5 Å². The Kier molecular flexibility index (Phi) is 3.36. The van der Waals surface area contributed by atoms with E-state index in [1.807, 2.05) is 11.8 Å². The standard InChI is InChI=1S/C10H11NS3/c12-10(13)11-8-5-7-3-1-2-4-9(7)14-6-8/h1-4,8H,5-6H2,(H2,11,12,13). The summed E-state index contributed by atoms with van der Waals surface area (Å²) in [6.45, 7) is 0. The molecule has 0 saturated carbocycles. The third-order valence-corrected chi connectivity index (χ3v) is 3.73. The van der Waals surface area contributed by atoms with Crippen LogP contribution in [0, 0.1) is 0 Å². The Morgan fingerprint density at radius 1 is 1.50 bits per heavy atom. The summed E-state index contributed by atoms with van der Waals surface area (Å²) in [5, 5.41) is 3.20. The predicted octanol–water partition coefficient (Wildman–Crippen LogP) is 2.51. The molecule has 0 bridgehead atoms. The van der Waals surface area contributed by atoms with Gasteiger partial charge in [-0.1, -0.05) is 30.4 Å². The van der Waals surface area contributed by atoms with Gasteiger partial charge in [0.2, 0.25) is 0 Å². The molecule has 1 aliphatic heterocycles. The van der Waals surface area contributed by atoms with Crippen LogP contribution < -0.4 is 5.32 Å². The summed E-state index contributed by atoms with van der Waals surface area (Å²) in [6.07, 6.45) is 1.05. The van der Waals surface area contributed by atoms with Crippen molar-refractivity contribution in [1.82, 2.24) is 5.32 Å². The number of nitrogens with one attached hydrogen (secondary N) is 1. The molecule has 2 rings (SSSR count). The van der Waals surface area contributed by atoms with Crippen molar-refractivity contribution >= 4 is 40.9 Å². The summed E-state index contributed by atoms with van der Waals surface area (Å²) in [7, 11) is 0. The van der Waals surface area contributed by atoms with Crippen molar-refractivity contribution in [3.8, 4) is 0 Å². The minimum absolute atomic E-state index is 0.430. The van der Waals surface area contributed by atoms with Gasteiger partial charge >= 0.3 is 0 Å². The normalized spacial score (nSPS) is 19.9. The van der Waals surface area contributed by atoms with E-state index in [0.29, 0.717) is 10.4 Å². The Balaban J connectivity index is 2.09. The van der Waals surface area contributed by atoms with Crippen LogP contribution in [0.25, 0.3) is 0 Å². The van der Waals surface area contributed by atoms with Crippen LogP contribution in [0.1, 0.15) is 5.56 Å². The number of thiocarbonyl (C=S) groups is 1. The summed E-state index contributed by atoms with van der Waals surface area (Å²) >= 11 is 10.9. The highest BCUT2D eigenvalue weighted by Crippen LogP contribution is 2.29. The summed E-state index contributed by atoms with van der Waals surface area (Å²) in [6, 6.07) is 8.95. The zero-order chi connectivity index (χ0) is 9.97. The van der Waals surface area contributed by atoms with Crippen LogP contribution >= 0.6 is 36.6 Å². The Bertz CT molecular complexity index is 351. The molecule has 1 aliphatic rings. The van der Waals surface area contributed by atoms with E-state index in [2.05, 4.69) is 42.2 Å². The maximum atomic E-state index is 4.92. The smallest absolute Gasteiger partial charge is 0.130 e. The lowest BCUT2D eigenvalue weighted by Crippen LogP contribution is -2.36. The van der Waals surface area contributed by atoms with Crippen LogP contribution in [-0.4, -0.2) is 16.1 Å². The summed E-state index contributed by atoms with van der Waals surface area (Å²) in [4.78, 5) is 1.40. The molecular formula is C10H11NS3. The average molecular weight is 241 g/mol. The number of benzene rings is 1. The molecule has 74 valence electrons. The zero-order valence-electron chi connectivity index (χ0n) is 7.56. The van der Waals surface area contributed by atoms with Gasteiger partial charge in [0.25, 0.3) is 0 Å². The molecule has 1 aromatic rings. The molecule has 0 spiro atoms. The second-order valence-electron chi connectivity index (χ2n) is 3.27. The van der Waals surface area contributed by atoms with Crippen molar-refractivity contribution in [2.45, 2.75) is 17.4 Å². The van der Waals surface area contributed by atoms with Crippen LogP contribution in [-0.2, 0) is 6.42 Å². The molecule has 1 N–H and O–H groups in total. The Morgan fingerprint density at radius 2 is 2.29 bits per heavy atom. The molecule has 0 amide bonds. The first-order valence-electron chi connectivity index (χ1n) is 4.46. The number of thioether (sulfide) groups is 1. The number of fused-ring (bicyclic) bond motifs is 1. The Morgan fingerprint density at radius 3 is 3.07 bits per heavy atom. The molecule has 0 saturated heterocycles. The van der Waals surface area contributed by atoms with Gasteiger partial charge in [0.15, 0.2) is 0 Å². The van der Waals surface area contributed by atoms with Crippen LogP contribution in [0.3, 0.4) is 0 Å². The number of thiol groups is 1. The third-order valence-electron chi connectivity index (χ3n) is 2.21. The lowest BCUT2D eigenvalue weighted by Gasteiger charge is -2.24. The van der Waals surface area contributed by atoms with E-state index in [1.54, 1.807) is 0 Å². The number of rotatable bonds is 1. The number of hydrogen-bond acceptors (Lipinski definition) is 2. The zero-order valence-corrected chi connectivity index (χ0v) is 10.1. The van der Waals surface area contributed by atoms with E-state index >= 15 is 0 Å². The Labute approximate surface area is 99.1 Å². The van der Waals surface area contributed by atoms with Gasteiger partial charge in [-0.05, 0) is 18.1 Å². The Hall–Kier alpha value is -0.190. The molecule has 14 heavy (non-hydrogen) atoms. The van der Waals surface area contributed by atoms with Gasteiger partial charge in [0, 0.05) is 16.7 Å².